The van der Waals surface area contributed by atoms with E-state index >= 15 is 0 Å². The second-order valence-electron chi connectivity index (χ2n) is 6.63. The van der Waals surface area contributed by atoms with E-state index in [0.29, 0.717) is 44.3 Å². The smallest absolute Gasteiger partial charge is 0.226 e. The second kappa shape index (κ2) is 6.56. The molecule has 21 heavy (non-hydrogen) atoms. The molecule has 0 N–H and O–H groups in total. The molecule has 118 valence electrons. The van der Waals surface area contributed by atoms with Crippen LogP contribution in [0.2, 0.25) is 0 Å². The van der Waals surface area contributed by atoms with Crippen molar-refractivity contribution >= 4 is 5.91 Å². The number of ether oxygens (including phenoxy) is 1. The molecule has 6 nitrogen and oxygen atoms in total. The van der Waals surface area contributed by atoms with E-state index in [9.17, 15) is 4.79 Å². The third-order valence-corrected chi connectivity index (χ3v) is 3.61. The summed E-state index contributed by atoms with van der Waals surface area (Å²) in [5.74, 6) is 1.51. The Hall–Kier alpha value is -1.43. The average molecular weight is 295 g/mol. The quantitative estimate of drug-likeness (QED) is 0.849. The molecule has 0 radical (unpaired) electrons. The second-order valence-corrected chi connectivity index (χ2v) is 6.63. The van der Waals surface area contributed by atoms with E-state index in [0.717, 1.165) is 6.42 Å². The lowest BCUT2D eigenvalue weighted by molar-refractivity contribution is -0.139. The number of amides is 1. The van der Waals surface area contributed by atoms with Crippen LogP contribution >= 0.6 is 0 Å². The van der Waals surface area contributed by atoms with Crippen molar-refractivity contribution in [2.75, 3.05) is 19.8 Å². The molecule has 1 fully saturated rings. The van der Waals surface area contributed by atoms with Gasteiger partial charge < -0.3 is 14.2 Å². The summed E-state index contributed by atoms with van der Waals surface area (Å²) in [7, 11) is 0. The fraction of sp³-hybridized carbons (Fsp3) is 0.800. The summed E-state index contributed by atoms with van der Waals surface area (Å²) in [6.45, 7) is 10.1. The van der Waals surface area contributed by atoms with Crippen molar-refractivity contribution in [2.45, 2.75) is 58.4 Å². The maximum Gasteiger partial charge on any atom is 0.226 e. The molecule has 1 aliphatic heterocycles. The Morgan fingerprint density at radius 2 is 2.19 bits per heavy atom. The Bertz CT molecular complexity index is 479. The Balaban J connectivity index is 1.78. The van der Waals surface area contributed by atoms with Crippen molar-refractivity contribution in [3.63, 3.8) is 0 Å². The number of hydrogen-bond donors (Lipinski definition) is 0. The van der Waals surface area contributed by atoms with Gasteiger partial charge in [0, 0.05) is 24.8 Å². The van der Waals surface area contributed by atoms with E-state index < -0.39 is 0 Å². The number of nitrogens with zero attached hydrogens (tertiary/aromatic N) is 3. The molecule has 1 aliphatic rings. The predicted octanol–water partition coefficient (Wildman–Crippen LogP) is 1.94. The molecule has 1 aromatic heterocycles. The van der Waals surface area contributed by atoms with Crippen LogP contribution in [-0.2, 0) is 21.4 Å². The Kier molecular flexibility index (Phi) is 4.98. The maximum absolute atomic E-state index is 12.2. The Morgan fingerprint density at radius 1 is 1.43 bits per heavy atom. The van der Waals surface area contributed by atoms with E-state index in [-0.39, 0.29) is 17.4 Å². The molecule has 0 bridgehead atoms. The molecular weight excluding hydrogens is 270 g/mol. The molecule has 1 saturated heterocycles. The van der Waals surface area contributed by atoms with Crippen LogP contribution in [0.4, 0.5) is 0 Å². The first-order valence-electron chi connectivity index (χ1n) is 7.58. The van der Waals surface area contributed by atoms with Crippen molar-refractivity contribution in [1.29, 1.82) is 0 Å². The van der Waals surface area contributed by atoms with Gasteiger partial charge in [0.25, 0.3) is 0 Å². The van der Waals surface area contributed by atoms with Gasteiger partial charge >= 0.3 is 0 Å². The highest BCUT2D eigenvalue weighted by Crippen LogP contribution is 2.19. The van der Waals surface area contributed by atoms with Crippen LogP contribution in [-0.4, -0.2) is 46.7 Å². The molecule has 0 unspecified atom stereocenters. The van der Waals surface area contributed by atoms with Gasteiger partial charge in [-0.15, -0.1) is 0 Å². The van der Waals surface area contributed by atoms with Crippen LogP contribution in [0.1, 0.15) is 52.3 Å². The minimum atomic E-state index is -0.110. The predicted molar refractivity (Wildman–Crippen MR) is 77.9 cm³/mol. The first kappa shape index (κ1) is 15.9. The Morgan fingerprint density at radius 3 is 2.81 bits per heavy atom. The monoisotopic (exact) mass is 295 g/mol. The van der Waals surface area contributed by atoms with Crippen LogP contribution in [0.25, 0.3) is 0 Å². The molecule has 0 aromatic carbocycles. The molecule has 0 spiro atoms. The minimum absolute atomic E-state index is 0.110. The van der Waals surface area contributed by atoms with E-state index in [1.54, 1.807) is 0 Å². The van der Waals surface area contributed by atoms with Crippen molar-refractivity contribution < 1.29 is 14.1 Å². The number of aryl methyl sites for hydroxylation is 1. The van der Waals surface area contributed by atoms with Crippen LogP contribution in [0.15, 0.2) is 4.52 Å². The van der Waals surface area contributed by atoms with Crippen molar-refractivity contribution in [2.24, 2.45) is 0 Å². The van der Waals surface area contributed by atoms with Crippen LogP contribution < -0.4 is 0 Å². The van der Waals surface area contributed by atoms with Gasteiger partial charge in [0.15, 0.2) is 5.82 Å². The zero-order valence-electron chi connectivity index (χ0n) is 13.4. The van der Waals surface area contributed by atoms with Gasteiger partial charge in [-0.2, -0.15) is 4.98 Å². The molecule has 0 aliphatic carbocycles. The lowest BCUT2D eigenvalue weighted by Crippen LogP contribution is -2.47. The highest BCUT2D eigenvalue weighted by Gasteiger charge is 2.24. The third kappa shape index (κ3) is 4.27. The van der Waals surface area contributed by atoms with Crippen LogP contribution in [0.3, 0.4) is 0 Å². The molecule has 1 amide bonds. The van der Waals surface area contributed by atoms with E-state index in [1.165, 1.54) is 0 Å². The molecule has 0 saturated carbocycles. The number of aromatic nitrogens is 2. The number of rotatable bonds is 4. The molecule has 1 atom stereocenters. The van der Waals surface area contributed by atoms with Gasteiger partial charge in [-0.1, -0.05) is 25.9 Å². The lowest BCUT2D eigenvalue weighted by atomic mass is 9.96. The zero-order valence-corrected chi connectivity index (χ0v) is 13.4. The Labute approximate surface area is 125 Å². The maximum atomic E-state index is 12.2. The van der Waals surface area contributed by atoms with E-state index in [1.807, 2.05) is 32.6 Å². The largest absolute Gasteiger partial charge is 0.377 e. The van der Waals surface area contributed by atoms with E-state index in [2.05, 4.69) is 10.1 Å². The SMILES string of the molecule is C[C@@H]1COCCN1C(=O)CCCc1nc(C(C)(C)C)no1. The van der Waals surface area contributed by atoms with Gasteiger partial charge in [-0.3, -0.25) is 4.79 Å². The summed E-state index contributed by atoms with van der Waals surface area (Å²) >= 11 is 0. The summed E-state index contributed by atoms with van der Waals surface area (Å²) in [6.07, 6.45) is 1.89. The summed E-state index contributed by atoms with van der Waals surface area (Å²) < 4.78 is 10.6. The van der Waals surface area contributed by atoms with Gasteiger partial charge in [0.1, 0.15) is 0 Å². The minimum Gasteiger partial charge on any atom is -0.377 e. The number of carbonyl (C=O) groups is 1. The fourth-order valence-electron chi connectivity index (χ4n) is 2.29. The lowest BCUT2D eigenvalue weighted by Gasteiger charge is -2.33. The van der Waals surface area contributed by atoms with Gasteiger partial charge in [0.05, 0.1) is 19.3 Å². The normalized spacial score (nSPS) is 19.8. The fourth-order valence-corrected chi connectivity index (χ4v) is 2.29. The summed E-state index contributed by atoms with van der Waals surface area (Å²) in [6, 6.07) is 0.169. The highest BCUT2D eigenvalue weighted by molar-refractivity contribution is 5.76. The average Bonchev–Trinajstić information content (AvgIpc) is 2.88. The van der Waals surface area contributed by atoms with Crippen LogP contribution in [0.5, 0.6) is 0 Å². The molecule has 6 heteroatoms. The molecule has 2 rings (SSSR count). The van der Waals surface area contributed by atoms with Gasteiger partial charge in [-0.25, -0.2) is 0 Å². The molecule has 2 heterocycles. The van der Waals surface area contributed by atoms with Crippen molar-refractivity contribution in [1.82, 2.24) is 15.0 Å². The zero-order chi connectivity index (χ0) is 15.5. The number of carbonyl (C=O) groups excluding carboxylic acids is 1. The topological polar surface area (TPSA) is 68.5 Å². The van der Waals surface area contributed by atoms with Crippen molar-refractivity contribution in [3.05, 3.63) is 11.7 Å². The molecule has 1 aromatic rings. The highest BCUT2D eigenvalue weighted by atomic mass is 16.5. The van der Waals surface area contributed by atoms with Crippen molar-refractivity contribution in [3.8, 4) is 0 Å². The third-order valence-electron chi connectivity index (χ3n) is 3.61. The van der Waals surface area contributed by atoms with E-state index in [4.69, 9.17) is 9.26 Å². The molecular formula is C15H25N3O3. The summed E-state index contributed by atoms with van der Waals surface area (Å²) in [5, 5.41) is 3.99. The number of morpholine rings is 1. The van der Waals surface area contributed by atoms with Crippen LogP contribution in [0, 0.1) is 0 Å². The van der Waals surface area contributed by atoms with Gasteiger partial charge in [-0.05, 0) is 13.3 Å². The number of hydrogen-bond acceptors (Lipinski definition) is 5. The summed E-state index contributed by atoms with van der Waals surface area (Å²) in [4.78, 5) is 18.5. The standard InChI is InChI=1S/C15H25N3O3/c1-11-10-20-9-8-18(11)13(19)7-5-6-12-16-14(17-21-12)15(2,3)4/h11H,5-10H2,1-4H3/t11-/m1/s1. The summed E-state index contributed by atoms with van der Waals surface area (Å²) in [5.41, 5.74) is -0.110. The first-order chi connectivity index (χ1) is 9.88. The first-order valence-corrected chi connectivity index (χ1v) is 7.58. The van der Waals surface area contributed by atoms with Gasteiger partial charge in [0.2, 0.25) is 11.8 Å².